The molecule has 0 aliphatic carbocycles. The number of anilines is 2. The van der Waals surface area contributed by atoms with Crippen LogP contribution in [0.5, 0.6) is 17.2 Å². The highest BCUT2D eigenvalue weighted by Gasteiger charge is 2.32. The number of fused-ring (bicyclic) bond motifs is 2. The average molecular weight is 637 g/mol. The van der Waals surface area contributed by atoms with E-state index >= 15 is 0 Å². The molecule has 3 N–H and O–H groups in total. The summed E-state index contributed by atoms with van der Waals surface area (Å²) in [6.07, 6.45) is 2.39. The molecule has 3 heterocycles. The van der Waals surface area contributed by atoms with Gasteiger partial charge < -0.3 is 29.7 Å². The van der Waals surface area contributed by atoms with Gasteiger partial charge in [-0.2, -0.15) is 0 Å². The number of aromatic nitrogens is 5. The Hall–Kier alpha value is -6.05. The lowest BCUT2D eigenvalue weighted by atomic mass is 10.1. The molecule has 2 aromatic heterocycles. The van der Waals surface area contributed by atoms with Crippen LogP contribution in [0.25, 0.3) is 10.9 Å². The molecule has 5 aromatic rings. The average Bonchev–Trinajstić information content (AvgIpc) is 3.53. The molecule has 0 radical (unpaired) electrons. The first-order valence-electron chi connectivity index (χ1n) is 14.8. The molecule has 0 fully saturated rings. The maximum Gasteiger partial charge on any atom is 0.291 e. The van der Waals surface area contributed by atoms with Crippen LogP contribution in [0.2, 0.25) is 0 Å². The fraction of sp³-hybridized carbons (Fsp3) is 0.242. The van der Waals surface area contributed by atoms with Crippen molar-refractivity contribution in [1.29, 1.82) is 0 Å². The van der Waals surface area contributed by atoms with Crippen LogP contribution in [0.3, 0.4) is 0 Å². The van der Waals surface area contributed by atoms with Crippen molar-refractivity contribution in [2.45, 2.75) is 25.3 Å². The summed E-state index contributed by atoms with van der Waals surface area (Å²) in [5.74, 6) is 1.09. The number of aromatic amines is 1. The third-order valence-corrected chi connectivity index (χ3v) is 7.71. The van der Waals surface area contributed by atoms with Crippen molar-refractivity contribution in [1.82, 2.24) is 30.5 Å². The van der Waals surface area contributed by atoms with Crippen molar-refractivity contribution >= 4 is 40.1 Å². The lowest BCUT2D eigenvalue weighted by Gasteiger charge is -2.20. The van der Waals surface area contributed by atoms with Crippen LogP contribution < -0.4 is 29.7 Å². The molecule has 240 valence electrons. The van der Waals surface area contributed by atoms with Gasteiger partial charge in [-0.25, -0.2) is 15.0 Å². The molecule has 0 saturated heterocycles. The third kappa shape index (κ3) is 6.81. The highest BCUT2D eigenvalue weighted by molar-refractivity contribution is 6.03. The molecule has 1 atom stereocenters. The molecule has 3 amide bonds. The quantitative estimate of drug-likeness (QED) is 0.207. The van der Waals surface area contributed by atoms with Crippen molar-refractivity contribution in [3.63, 3.8) is 0 Å². The number of aryl methyl sites for hydroxylation is 1. The summed E-state index contributed by atoms with van der Waals surface area (Å²) >= 11 is 0. The van der Waals surface area contributed by atoms with Gasteiger partial charge >= 0.3 is 0 Å². The maximum absolute atomic E-state index is 13.4. The van der Waals surface area contributed by atoms with E-state index in [1.807, 2.05) is 36.4 Å². The standard InChI is InChI=1S/C33H32N8O6/c1-41-24-13-20(10-12-29(42)38-30-21-15-26(45-2)27(46-3)16-22(21)34-18-35-30)9-11-25(24)47-17-23(33(41)44)36-32(43)31-37-28(39-40-31)14-19-7-5-4-6-8-19/h4-9,11,13,15-16,18,23H,10,12,14,17H2,1-3H3,(H,36,43)(H,37,39,40)(H,34,35,38,42)/t23-/m0/s1. The van der Waals surface area contributed by atoms with Crippen LogP contribution in [0, 0.1) is 0 Å². The lowest BCUT2D eigenvalue weighted by molar-refractivity contribution is -0.120. The molecule has 14 nitrogen and oxygen atoms in total. The van der Waals surface area contributed by atoms with Crippen molar-refractivity contribution in [3.05, 3.63) is 89.8 Å². The van der Waals surface area contributed by atoms with Crippen molar-refractivity contribution in [3.8, 4) is 17.2 Å². The Morgan fingerprint density at radius 2 is 1.81 bits per heavy atom. The van der Waals surface area contributed by atoms with E-state index in [9.17, 15) is 14.4 Å². The highest BCUT2D eigenvalue weighted by atomic mass is 16.5. The summed E-state index contributed by atoms with van der Waals surface area (Å²) in [6.45, 7) is -0.0749. The number of amides is 3. The zero-order valence-corrected chi connectivity index (χ0v) is 25.9. The molecule has 0 unspecified atom stereocenters. The number of rotatable bonds is 10. The molecular weight excluding hydrogens is 604 g/mol. The number of hydrogen-bond donors (Lipinski definition) is 3. The van der Waals surface area contributed by atoms with Crippen molar-refractivity contribution in [2.24, 2.45) is 0 Å². The first-order chi connectivity index (χ1) is 22.8. The normalized spacial score (nSPS) is 14.1. The van der Waals surface area contributed by atoms with Gasteiger partial charge in [-0.05, 0) is 35.7 Å². The maximum atomic E-state index is 13.4. The second-order valence-electron chi connectivity index (χ2n) is 10.8. The minimum atomic E-state index is -0.966. The van der Waals surface area contributed by atoms with Gasteiger partial charge in [0.2, 0.25) is 11.7 Å². The second-order valence-corrected chi connectivity index (χ2v) is 10.8. The van der Waals surface area contributed by atoms with Gasteiger partial charge in [0.25, 0.3) is 11.8 Å². The summed E-state index contributed by atoms with van der Waals surface area (Å²) in [4.78, 5) is 53.5. The number of H-pyrrole nitrogens is 1. The Morgan fingerprint density at radius 3 is 2.60 bits per heavy atom. The number of carbonyl (C=O) groups is 3. The molecule has 1 aliphatic rings. The predicted molar refractivity (Wildman–Crippen MR) is 172 cm³/mol. The second kappa shape index (κ2) is 13.5. The number of likely N-dealkylation sites (N-methyl/N-ethyl adjacent to an activating group) is 1. The third-order valence-electron chi connectivity index (χ3n) is 7.71. The Morgan fingerprint density at radius 1 is 1.02 bits per heavy atom. The smallest absolute Gasteiger partial charge is 0.291 e. The number of nitrogens with zero attached hydrogens (tertiary/aromatic N) is 5. The van der Waals surface area contributed by atoms with Gasteiger partial charge in [-0.3, -0.25) is 19.5 Å². The monoisotopic (exact) mass is 636 g/mol. The van der Waals surface area contributed by atoms with E-state index in [0.717, 1.165) is 11.1 Å². The van der Waals surface area contributed by atoms with Gasteiger partial charge in [-0.15, -0.1) is 5.10 Å². The number of benzene rings is 3. The number of methoxy groups -OCH3 is 2. The van der Waals surface area contributed by atoms with Gasteiger partial charge in [0.15, 0.2) is 11.5 Å². The van der Waals surface area contributed by atoms with Crippen LogP contribution >= 0.6 is 0 Å². The molecule has 3 aromatic carbocycles. The number of hydrogen-bond acceptors (Lipinski definition) is 10. The molecular formula is C33H32N8O6. The Labute approximate surface area is 269 Å². The predicted octanol–water partition coefficient (Wildman–Crippen LogP) is 3.08. The Balaban J connectivity index is 1.08. The highest BCUT2D eigenvalue weighted by Crippen LogP contribution is 2.34. The summed E-state index contributed by atoms with van der Waals surface area (Å²) < 4.78 is 16.6. The topological polar surface area (TPSA) is 174 Å². The minimum Gasteiger partial charge on any atom is -0.493 e. The largest absolute Gasteiger partial charge is 0.493 e. The van der Waals surface area contributed by atoms with Crippen LogP contribution in [-0.4, -0.2) is 76.8 Å². The number of ether oxygens (including phenoxy) is 3. The molecule has 47 heavy (non-hydrogen) atoms. The molecule has 6 rings (SSSR count). The molecule has 0 spiro atoms. The van der Waals surface area contributed by atoms with Crippen LogP contribution in [-0.2, 0) is 22.4 Å². The van der Waals surface area contributed by atoms with Gasteiger partial charge in [0.05, 0.1) is 25.4 Å². The lowest BCUT2D eigenvalue weighted by Crippen LogP contribution is -2.49. The first-order valence-corrected chi connectivity index (χ1v) is 14.8. The van der Waals surface area contributed by atoms with E-state index in [-0.39, 0.29) is 30.7 Å². The minimum absolute atomic E-state index is 0.0671. The van der Waals surface area contributed by atoms with Crippen LogP contribution in [0.1, 0.15) is 34.0 Å². The van der Waals surface area contributed by atoms with Crippen LogP contribution in [0.15, 0.2) is 67.0 Å². The molecule has 1 aliphatic heterocycles. The summed E-state index contributed by atoms with van der Waals surface area (Å²) in [5.41, 5.74) is 2.95. The molecule has 14 heteroatoms. The number of carbonyl (C=O) groups excluding carboxylic acids is 3. The van der Waals surface area contributed by atoms with Gasteiger partial charge in [-0.1, -0.05) is 36.4 Å². The van der Waals surface area contributed by atoms with E-state index in [4.69, 9.17) is 14.2 Å². The van der Waals surface area contributed by atoms with Crippen LogP contribution in [0.4, 0.5) is 11.5 Å². The van der Waals surface area contributed by atoms with E-state index in [1.54, 1.807) is 31.3 Å². The SMILES string of the molecule is COc1cc2ncnc(NC(=O)CCc3ccc4c(c3)N(C)C(=O)[C@@H](NC(=O)c3n[nH]c(Cc5ccccc5)n3)CO4)c2cc1OC. The van der Waals surface area contributed by atoms with E-state index in [0.29, 0.717) is 58.3 Å². The zero-order valence-electron chi connectivity index (χ0n) is 25.9. The molecule has 0 saturated carbocycles. The Kier molecular flexibility index (Phi) is 8.91. The van der Waals surface area contributed by atoms with Gasteiger partial charge in [0.1, 0.15) is 36.4 Å². The van der Waals surface area contributed by atoms with E-state index < -0.39 is 11.9 Å². The summed E-state index contributed by atoms with van der Waals surface area (Å²) in [5, 5.41) is 13.0. The summed E-state index contributed by atoms with van der Waals surface area (Å²) in [6, 6.07) is 17.5. The van der Waals surface area contributed by atoms with E-state index in [2.05, 4.69) is 35.8 Å². The van der Waals surface area contributed by atoms with Gasteiger partial charge in [0, 0.05) is 31.3 Å². The van der Waals surface area contributed by atoms with E-state index in [1.165, 1.54) is 25.4 Å². The zero-order chi connectivity index (χ0) is 32.9. The fourth-order valence-electron chi connectivity index (χ4n) is 5.23. The Bertz CT molecular complexity index is 1950. The van der Waals surface area contributed by atoms with Crippen molar-refractivity contribution in [2.75, 3.05) is 38.1 Å². The van der Waals surface area contributed by atoms with Crippen molar-refractivity contribution < 1.29 is 28.6 Å². The summed E-state index contributed by atoms with van der Waals surface area (Å²) in [7, 11) is 4.67. The number of nitrogens with one attached hydrogen (secondary N) is 3. The fourth-order valence-corrected chi connectivity index (χ4v) is 5.23. The molecule has 0 bridgehead atoms. The first kappa shape index (κ1) is 31.0.